The van der Waals surface area contributed by atoms with Crippen molar-refractivity contribution in [2.45, 2.75) is 44.7 Å². The average Bonchev–Trinajstić information content (AvgIpc) is 2.49. The molecule has 21 heavy (non-hydrogen) atoms. The van der Waals surface area contributed by atoms with E-state index in [2.05, 4.69) is 11.9 Å². The highest BCUT2D eigenvalue weighted by atomic mass is 16.2. The summed E-state index contributed by atoms with van der Waals surface area (Å²) in [6, 6.07) is 10.7. The standard InChI is InChI=1S/C17H27N3O/c1-3-20(16-7-5-4-6-8-16)17(21)13-19(2)15-11-9-14(18)10-12-15/h4-8,14-15H,3,9-13,18H2,1-2H3. The molecule has 0 heterocycles. The fraction of sp³-hybridized carbons (Fsp3) is 0.588. The van der Waals surface area contributed by atoms with Crippen LogP contribution in [0, 0.1) is 0 Å². The summed E-state index contributed by atoms with van der Waals surface area (Å²) in [6.07, 6.45) is 4.34. The van der Waals surface area contributed by atoms with Gasteiger partial charge in [-0.15, -0.1) is 0 Å². The minimum absolute atomic E-state index is 0.168. The normalized spacial score (nSPS) is 22.3. The fourth-order valence-corrected chi connectivity index (χ4v) is 3.08. The second-order valence-corrected chi connectivity index (χ2v) is 5.96. The predicted octanol–water partition coefficient (Wildman–Crippen LogP) is 2.24. The van der Waals surface area contributed by atoms with Crippen molar-refractivity contribution in [2.75, 3.05) is 25.0 Å². The molecule has 1 aliphatic rings. The largest absolute Gasteiger partial charge is 0.328 e. The Kier molecular flexibility index (Phi) is 5.76. The van der Waals surface area contributed by atoms with Crippen LogP contribution in [-0.2, 0) is 4.79 Å². The number of amides is 1. The van der Waals surface area contributed by atoms with Gasteiger partial charge in [0.25, 0.3) is 0 Å². The van der Waals surface area contributed by atoms with Crippen LogP contribution in [-0.4, -0.2) is 43.0 Å². The maximum absolute atomic E-state index is 12.6. The van der Waals surface area contributed by atoms with E-state index < -0.39 is 0 Å². The van der Waals surface area contributed by atoms with Gasteiger partial charge < -0.3 is 10.6 Å². The molecule has 0 atom stereocenters. The van der Waals surface area contributed by atoms with Crippen LogP contribution >= 0.6 is 0 Å². The van der Waals surface area contributed by atoms with Crippen LogP contribution in [0.4, 0.5) is 5.69 Å². The molecule has 0 aromatic heterocycles. The zero-order valence-electron chi connectivity index (χ0n) is 13.2. The van der Waals surface area contributed by atoms with E-state index in [9.17, 15) is 4.79 Å². The van der Waals surface area contributed by atoms with Crippen molar-refractivity contribution in [2.24, 2.45) is 5.73 Å². The summed E-state index contributed by atoms with van der Waals surface area (Å²) in [6.45, 7) is 3.19. The first-order valence-electron chi connectivity index (χ1n) is 7.93. The highest BCUT2D eigenvalue weighted by Crippen LogP contribution is 2.21. The Morgan fingerprint density at radius 1 is 1.19 bits per heavy atom. The van der Waals surface area contributed by atoms with Crippen molar-refractivity contribution >= 4 is 11.6 Å². The first-order valence-corrected chi connectivity index (χ1v) is 7.93. The number of nitrogens with zero attached hydrogens (tertiary/aromatic N) is 2. The molecule has 1 aliphatic carbocycles. The number of hydrogen-bond donors (Lipinski definition) is 1. The van der Waals surface area contributed by atoms with Gasteiger partial charge in [0.05, 0.1) is 6.54 Å². The summed E-state index contributed by atoms with van der Waals surface area (Å²) in [7, 11) is 2.05. The van der Waals surface area contributed by atoms with Crippen molar-refractivity contribution in [3.05, 3.63) is 30.3 Å². The quantitative estimate of drug-likeness (QED) is 0.904. The van der Waals surface area contributed by atoms with Crippen molar-refractivity contribution in [3.8, 4) is 0 Å². The molecule has 0 spiro atoms. The van der Waals surface area contributed by atoms with Crippen LogP contribution in [0.1, 0.15) is 32.6 Å². The summed E-state index contributed by atoms with van der Waals surface area (Å²) in [5.74, 6) is 0.168. The van der Waals surface area contributed by atoms with E-state index in [0.29, 0.717) is 25.2 Å². The van der Waals surface area contributed by atoms with Crippen LogP contribution in [0.5, 0.6) is 0 Å². The zero-order chi connectivity index (χ0) is 15.2. The molecule has 116 valence electrons. The molecule has 0 bridgehead atoms. The SMILES string of the molecule is CCN(C(=O)CN(C)C1CCC(N)CC1)c1ccccc1. The van der Waals surface area contributed by atoms with Gasteiger partial charge in [0.2, 0.25) is 5.91 Å². The first-order chi connectivity index (χ1) is 10.1. The lowest BCUT2D eigenvalue weighted by atomic mass is 9.91. The molecule has 1 aromatic carbocycles. The van der Waals surface area contributed by atoms with Crippen molar-refractivity contribution < 1.29 is 4.79 Å². The summed E-state index contributed by atoms with van der Waals surface area (Å²) in [5, 5.41) is 0. The minimum atomic E-state index is 0.168. The number of likely N-dealkylation sites (N-methyl/N-ethyl adjacent to an activating group) is 2. The Morgan fingerprint density at radius 3 is 2.38 bits per heavy atom. The highest BCUT2D eigenvalue weighted by Gasteiger charge is 2.24. The van der Waals surface area contributed by atoms with Crippen LogP contribution in [0.15, 0.2) is 30.3 Å². The number of rotatable bonds is 5. The summed E-state index contributed by atoms with van der Waals surface area (Å²) >= 11 is 0. The molecular weight excluding hydrogens is 262 g/mol. The number of hydrogen-bond acceptors (Lipinski definition) is 3. The van der Waals surface area contributed by atoms with Gasteiger partial charge in [-0.05, 0) is 51.8 Å². The summed E-state index contributed by atoms with van der Waals surface area (Å²) in [4.78, 5) is 16.6. The molecule has 0 saturated heterocycles. The van der Waals surface area contributed by atoms with Crippen LogP contribution in [0.25, 0.3) is 0 Å². The zero-order valence-corrected chi connectivity index (χ0v) is 13.2. The molecule has 1 saturated carbocycles. The number of anilines is 1. The molecule has 0 radical (unpaired) electrons. The topological polar surface area (TPSA) is 49.6 Å². The van der Waals surface area contributed by atoms with Gasteiger partial charge in [-0.2, -0.15) is 0 Å². The van der Waals surface area contributed by atoms with E-state index in [1.165, 1.54) is 0 Å². The monoisotopic (exact) mass is 289 g/mol. The highest BCUT2D eigenvalue weighted by molar-refractivity contribution is 5.94. The van der Waals surface area contributed by atoms with Gasteiger partial charge in [0.1, 0.15) is 0 Å². The third kappa shape index (κ3) is 4.29. The van der Waals surface area contributed by atoms with Crippen LogP contribution in [0.2, 0.25) is 0 Å². The lowest BCUT2D eigenvalue weighted by Gasteiger charge is -2.34. The molecule has 1 amide bonds. The van der Waals surface area contributed by atoms with Crippen LogP contribution < -0.4 is 10.6 Å². The van der Waals surface area contributed by atoms with E-state index in [1.54, 1.807) is 0 Å². The Bertz CT molecular complexity index is 441. The van der Waals surface area contributed by atoms with E-state index in [0.717, 1.165) is 31.4 Å². The Morgan fingerprint density at radius 2 is 1.81 bits per heavy atom. The number of para-hydroxylation sites is 1. The van der Waals surface area contributed by atoms with Gasteiger partial charge in [-0.25, -0.2) is 0 Å². The van der Waals surface area contributed by atoms with E-state index in [4.69, 9.17) is 5.73 Å². The summed E-state index contributed by atoms with van der Waals surface area (Å²) in [5.41, 5.74) is 6.93. The smallest absolute Gasteiger partial charge is 0.241 e. The van der Waals surface area contributed by atoms with Gasteiger partial charge >= 0.3 is 0 Å². The van der Waals surface area contributed by atoms with E-state index in [1.807, 2.05) is 42.2 Å². The maximum atomic E-state index is 12.6. The number of carbonyl (C=O) groups excluding carboxylic acids is 1. The molecule has 2 N–H and O–H groups in total. The third-order valence-electron chi connectivity index (χ3n) is 4.43. The predicted molar refractivity (Wildman–Crippen MR) is 87.3 cm³/mol. The lowest BCUT2D eigenvalue weighted by molar-refractivity contribution is -0.120. The molecule has 0 unspecified atom stereocenters. The van der Waals surface area contributed by atoms with Crippen LogP contribution in [0.3, 0.4) is 0 Å². The average molecular weight is 289 g/mol. The van der Waals surface area contributed by atoms with Crippen molar-refractivity contribution in [1.82, 2.24) is 4.90 Å². The Hall–Kier alpha value is -1.39. The molecule has 1 fully saturated rings. The van der Waals surface area contributed by atoms with Gasteiger partial charge in [-0.3, -0.25) is 9.69 Å². The fourth-order valence-electron chi connectivity index (χ4n) is 3.08. The molecule has 1 aromatic rings. The second kappa shape index (κ2) is 7.57. The van der Waals surface area contributed by atoms with E-state index >= 15 is 0 Å². The molecule has 2 rings (SSSR count). The summed E-state index contributed by atoms with van der Waals surface area (Å²) < 4.78 is 0. The number of carbonyl (C=O) groups is 1. The molecule has 0 aliphatic heterocycles. The van der Waals surface area contributed by atoms with Gasteiger partial charge in [0, 0.05) is 24.3 Å². The second-order valence-electron chi connectivity index (χ2n) is 5.96. The third-order valence-corrected chi connectivity index (χ3v) is 4.43. The van der Waals surface area contributed by atoms with E-state index in [-0.39, 0.29) is 5.91 Å². The number of benzene rings is 1. The van der Waals surface area contributed by atoms with Crippen molar-refractivity contribution in [3.63, 3.8) is 0 Å². The Balaban J connectivity index is 1.93. The lowest BCUT2D eigenvalue weighted by Crippen LogP contribution is -2.45. The van der Waals surface area contributed by atoms with Gasteiger partial charge in [0.15, 0.2) is 0 Å². The molecule has 4 heteroatoms. The minimum Gasteiger partial charge on any atom is -0.328 e. The van der Waals surface area contributed by atoms with Gasteiger partial charge in [-0.1, -0.05) is 18.2 Å². The first kappa shape index (κ1) is 16.0. The number of nitrogens with two attached hydrogens (primary N) is 1. The molecule has 4 nitrogen and oxygen atoms in total. The van der Waals surface area contributed by atoms with Crippen molar-refractivity contribution in [1.29, 1.82) is 0 Å². The Labute approximate surface area is 127 Å². The maximum Gasteiger partial charge on any atom is 0.241 e. The molecular formula is C17H27N3O.